The standard InChI is InChI=1S/C14H13BrN2O2/c1-14(2,8-16)5-6-17-11-7-9(15)3-4-10(11)12(18)13(17)19/h3-4,7H,5-6H2,1-2H3. The number of anilines is 1. The highest BCUT2D eigenvalue weighted by Crippen LogP contribution is 2.33. The van der Waals surface area contributed by atoms with Crippen LogP contribution in [0.5, 0.6) is 0 Å². The first-order valence-corrected chi connectivity index (χ1v) is 6.72. The Morgan fingerprint density at radius 1 is 1.37 bits per heavy atom. The van der Waals surface area contributed by atoms with Crippen LogP contribution in [0.25, 0.3) is 0 Å². The maximum atomic E-state index is 12.0. The van der Waals surface area contributed by atoms with Crippen LogP contribution in [0.2, 0.25) is 0 Å². The molecule has 0 aliphatic carbocycles. The molecule has 1 amide bonds. The second kappa shape index (κ2) is 4.78. The molecule has 1 aromatic carbocycles. The molecular formula is C14H13BrN2O2. The van der Waals surface area contributed by atoms with Crippen LogP contribution in [-0.2, 0) is 4.79 Å². The largest absolute Gasteiger partial charge is 0.305 e. The van der Waals surface area contributed by atoms with E-state index in [9.17, 15) is 9.59 Å². The van der Waals surface area contributed by atoms with Crippen molar-refractivity contribution in [3.8, 4) is 6.07 Å². The minimum Gasteiger partial charge on any atom is -0.305 e. The molecule has 0 bridgehead atoms. The lowest BCUT2D eigenvalue weighted by Crippen LogP contribution is -2.32. The molecule has 0 saturated carbocycles. The number of benzene rings is 1. The Labute approximate surface area is 120 Å². The molecule has 1 aliphatic rings. The van der Waals surface area contributed by atoms with Gasteiger partial charge >= 0.3 is 0 Å². The Balaban J connectivity index is 2.29. The summed E-state index contributed by atoms with van der Waals surface area (Å²) < 4.78 is 0.818. The molecule has 1 aromatic rings. The van der Waals surface area contributed by atoms with Crippen LogP contribution >= 0.6 is 15.9 Å². The zero-order valence-electron chi connectivity index (χ0n) is 10.7. The van der Waals surface area contributed by atoms with Gasteiger partial charge in [0.1, 0.15) is 0 Å². The van der Waals surface area contributed by atoms with Gasteiger partial charge in [0.25, 0.3) is 11.7 Å². The predicted molar refractivity (Wildman–Crippen MR) is 74.8 cm³/mol. The molecule has 0 N–H and O–H groups in total. The Bertz CT molecular complexity index is 602. The van der Waals surface area contributed by atoms with Gasteiger partial charge in [-0.25, -0.2) is 0 Å². The number of rotatable bonds is 3. The summed E-state index contributed by atoms with van der Waals surface area (Å²) >= 11 is 3.33. The predicted octanol–water partition coefficient (Wildman–Crippen LogP) is 2.92. The summed E-state index contributed by atoms with van der Waals surface area (Å²) in [5.41, 5.74) is 0.541. The molecule has 4 nitrogen and oxygen atoms in total. The fraction of sp³-hybridized carbons (Fsp3) is 0.357. The summed E-state index contributed by atoms with van der Waals surface area (Å²) in [6, 6.07) is 7.35. The van der Waals surface area contributed by atoms with Crippen molar-refractivity contribution in [1.82, 2.24) is 0 Å². The normalized spacial score (nSPS) is 14.5. The van der Waals surface area contributed by atoms with Crippen molar-refractivity contribution in [3.05, 3.63) is 28.2 Å². The topological polar surface area (TPSA) is 61.2 Å². The first-order valence-electron chi connectivity index (χ1n) is 5.93. The number of fused-ring (bicyclic) bond motifs is 1. The zero-order chi connectivity index (χ0) is 14.2. The van der Waals surface area contributed by atoms with Gasteiger partial charge in [0.15, 0.2) is 0 Å². The molecule has 0 fully saturated rings. The smallest absolute Gasteiger partial charge is 0.299 e. The zero-order valence-corrected chi connectivity index (χ0v) is 12.3. The maximum absolute atomic E-state index is 12.0. The lowest BCUT2D eigenvalue weighted by molar-refractivity contribution is -0.114. The van der Waals surface area contributed by atoms with Crippen LogP contribution in [0.15, 0.2) is 22.7 Å². The molecule has 0 aromatic heterocycles. The van der Waals surface area contributed by atoms with Crippen LogP contribution in [0.3, 0.4) is 0 Å². The van der Waals surface area contributed by atoms with Gasteiger partial charge in [0, 0.05) is 11.0 Å². The quantitative estimate of drug-likeness (QED) is 0.804. The number of hydrogen-bond donors (Lipinski definition) is 0. The number of amides is 1. The summed E-state index contributed by atoms with van der Waals surface area (Å²) in [5.74, 6) is -0.987. The number of hydrogen-bond acceptors (Lipinski definition) is 3. The fourth-order valence-corrected chi connectivity index (χ4v) is 2.29. The van der Waals surface area contributed by atoms with E-state index in [1.165, 1.54) is 4.90 Å². The van der Waals surface area contributed by atoms with Crippen molar-refractivity contribution in [3.63, 3.8) is 0 Å². The average molecular weight is 321 g/mol. The first-order chi connectivity index (χ1) is 8.85. The van der Waals surface area contributed by atoms with E-state index in [2.05, 4.69) is 22.0 Å². The summed E-state index contributed by atoms with van der Waals surface area (Å²) in [5, 5.41) is 9.00. The highest BCUT2D eigenvalue weighted by atomic mass is 79.9. The van der Waals surface area contributed by atoms with Crippen molar-refractivity contribution >= 4 is 33.3 Å². The molecule has 1 heterocycles. The van der Waals surface area contributed by atoms with Gasteiger partial charge in [-0.2, -0.15) is 5.26 Å². The minimum absolute atomic E-state index is 0.370. The number of nitriles is 1. The SMILES string of the molecule is CC(C)(C#N)CCN1C(=O)C(=O)c2ccc(Br)cc21. The Morgan fingerprint density at radius 2 is 2.05 bits per heavy atom. The summed E-state index contributed by atoms with van der Waals surface area (Å²) in [6.07, 6.45) is 0.522. The monoisotopic (exact) mass is 320 g/mol. The van der Waals surface area contributed by atoms with Crippen molar-refractivity contribution in [1.29, 1.82) is 5.26 Å². The molecule has 0 saturated heterocycles. The van der Waals surface area contributed by atoms with E-state index >= 15 is 0 Å². The molecule has 0 unspecified atom stereocenters. The van der Waals surface area contributed by atoms with Crippen molar-refractivity contribution in [2.75, 3.05) is 11.4 Å². The molecule has 0 radical (unpaired) electrons. The number of ketones is 1. The van der Waals surface area contributed by atoms with Crippen LogP contribution in [0.1, 0.15) is 30.6 Å². The van der Waals surface area contributed by atoms with E-state index in [4.69, 9.17) is 5.26 Å². The van der Waals surface area contributed by atoms with E-state index < -0.39 is 17.1 Å². The third-order valence-corrected chi connectivity index (χ3v) is 3.69. The molecule has 19 heavy (non-hydrogen) atoms. The number of carbonyl (C=O) groups excluding carboxylic acids is 2. The van der Waals surface area contributed by atoms with Gasteiger partial charge in [-0.15, -0.1) is 0 Å². The van der Waals surface area contributed by atoms with Gasteiger partial charge in [-0.05, 0) is 38.5 Å². The second-order valence-corrected chi connectivity index (χ2v) is 6.11. The number of nitrogens with zero attached hydrogens (tertiary/aromatic N) is 2. The van der Waals surface area contributed by atoms with Crippen molar-refractivity contribution in [2.45, 2.75) is 20.3 Å². The average Bonchev–Trinajstić information content (AvgIpc) is 2.60. The molecule has 98 valence electrons. The third kappa shape index (κ3) is 2.54. The van der Waals surface area contributed by atoms with Crippen molar-refractivity contribution in [2.24, 2.45) is 5.41 Å². The molecule has 1 aliphatic heterocycles. The van der Waals surface area contributed by atoms with Crippen LogP contribution < -0.4 is 4.90 Å². The summed E-state index contributed by atoms with van der Waals surface area (Å²) in [4.78, 5) is 25.3. The van der Waals surface area contributed by atoms with Crippen LogP contribution in [-0.4, -0.2) is 18.2 Å². The van der Waals surface area contributed by atoms with Crippen LogP contribution in [0.4, 0.5) is 5.69 Å². The second-order valence-electron chi connectivity index (χ2n) is 5.19. The Kier molecular flexibility index (Phi) is 3.46. The highest BCUT2D eigenvalue weighted by molar-refractivity contribution is 9.10. The lowest BCUT2D eigenvalue weighted by atomic mass is 9.91. The highest BCUT2D eigenvalue weighted by Gasteiger charge is 2.36. The number of halogens is 1. The first kappa shape index (κ1) is 13.8. The number of carbonyl (C=O) groups is 2. The summed E-state index contributed by atoms with van der Waals surface area (Å²) in [6.45, 7) is 4.00. The van der Waals surface area contributed by atoms with E-state index in [-0.39, 0.29) is 0 Å². The van der Waals surface area contributed by atoms with E-state index in [0.29, 0.717) is 24.2 Å². The fourth-order valence-electron chi connectivity index (χ4n) is 1.94. The molecule has 5 heteroatoms. The van der Waals surface area contributed by atoms with Gasteiger partial charge in [0.2, 0.25) is 0 Å². The van der Waals surface area contributed by atoms with E-state index in [1.54, 1.807) is 18.2 Å². The Morgan fingerprint density at radius 3 is 2.68 bits per heavy atom. The van der Waals surface area contributed by atoms with E-state index in [0.717, 1.165) is 4.47 Å². The number of Topliss-reactive ketones (excluding diaryl/α,β-unsaturated/α-hetero) is 1. The third-order valence-electron chi connectivity index (χ3n) is 3.20. The van der Waals surface area contributed by atoms with Gasteiger partial charge in [0.05, 0.1) is 22.7 Å². The molecular weight excluding hydrogens is 308 g/mol. The van der Waals surface area contributed by atoms with Gasteiger partial charge < -0.3 is 4.90 Å². The van der Waals surface area contributed by atoms with Gasteiger partial charge in [-0.1, -0.05) is 15.9 Å². The maximum Gasteiger partial charge on any atom is 0.299 e. The molecule has 2 rings (SSSR count). The van der Waals surface area contributed by atoms with Gasteiger partial charge in [-0.3, -0.25) is 9.59 Å². The van der Waals surface area contributed by atoms with Crippen molar-refractivity contribution < 1.29 is 9.59 Å². The minimum atomic E-state index is -0.516. The lowest BCUT2D eigenvalue weighted by Gasteiger charge is -2.21. The summed E-state index contributed by atoms with van der Waals surface area (Å²) in [7, 11) is 0. The molecule has 0 atom stereocenters. The Hall–Kier alpha value is -1.67. The molecule has 0 spiro atoms. The van der Waals surface area contributed by atoms with E-state index in [1.807, 2.05) is 13.8 Å². The van der Waals surface area contributed by atoms with Crippen LogP contribution in [0, 0.1) is 16.7 Å².